The molecule has 1 N–H and O–H groups in total. The molecule has 3 aromatic rings. The first-order valence-corrected chi connectivity index (χ1v) is 8.04. The molecule has 0 spiro atoms. The number of benzene rings is 1. The van der Waals surface area contributed by atoms with Crippen molar-refractivity contribution in [3.05, 3.63) is 64.0 Å². The van der Waals surface area contributed by atoms with Crippen LogP contribution in [0, 0.1) is 11.6 Å². The molecule has 0 fully saturated rings. The second-order valence-electron chi connectivity index (χ2n) is 4.47. The molecule has 1 amide bonds. The molecular weight excluding hydrogens is 326 g/mol. The maximum atomic E-state index is 13.1. The third kappa shape index (κ3) is 3.37. The fourth-order valence-corrected chi connectivity index (χ4v) is 3.51. The lowest BCUT2D eigenvalue weighted by atomic mass is 10.2. The van der Waals surface area contributed by atoms with Gasteiger partial charge >= 0.3 is 0 Å². The third-order valence-corrected chi connectivity index (χ3v) is 4.87. The minimum atomic E-state index is -0.665. The molecule has 0 atom stereocenters. The number of nitrogens with zero attached hydrogens (tertiary/aromatic N) is 1. The molecule has 2 aromatic heterocycles. The Balaban J connectivity index is 1.67. The van der Waals surface area contributed by atoms with Crippen LogP contribution in [0.25, 0.3) is 9.88 Å². The van der Waals surface area contributed by atoms with E-state index in [4.69, 9.17) is 0 Å². The summed E-state index contributed by atoms with van der Waals surface area (Å²) < 4.78 is 26.2. The van der Waals surface area contributed by atoms with Gasteiger partial charge in [0.2, 0.25) is 0 Å². The van der Waals surface area contributed by atoms with E-state index in [2.05, 4.69) is 10.3 Å². The number of halogens is 2. The predicted octanol–water partition coefficient (Wildman–Crippen LogP) is 4.08. The monoisotopic (exact) mass is 336 g/mol. The number of thiazole rings is 1. The second-order valence-corrected chi connectivity index (χ2v) is 6.45. The highest BCUT2D eigenvalue weighted by molar-refractivity contribution is 7.21. The summed E-state index contributed by atoms with van der Waals surface area (Å²) in [6, 6.07) is 7.02. The first kappa shape index (κ1) is 14.8. The molecule has 0 aliphatic rings. The Hall–Kier alpha value is -2.12. The summed E-state index contributed by atoms with van der Waals surface area (Å²) >= 11 is 2.83. The van der Waals surface area contributed by atoms with Gasteiger partial charge < -0.3 is 5.32 Å². The van der Waals surface area contributed by atoms with Gasteiger partial charge in [0, 0.05) is 12.6 Å². The number of rotatable bonds is 4. The van der Waals surface area contributed by atoms with Crippen LogP contribution in [0.3, 0.4) is 0 Å². The molecule has 112 valence electrons. The highest BCUT2D eigenvalue weighted by atomic mass is 32.1. The van der Waals surface area contributed by atoms with Crippen molar-refractivity contribution >= 4 is 28.6 Å². The van der Waals surface area contributed by atoms with E-state index in [-0.39, 0.29) is 12.5 Å². The van der Waals surface area contributed by atoms with Crippen molar-refractivity contribution < 1.29 is 13.6 Å². The third-order valence-electron chi connectivity index (χ3n) is 2.84. The molecule has 22 heavy (non-hydrogen) atoms. The Labute approximate surface area is 133 Å². The van der Waals surface area contributed by atoms with Gasteiger partial charge in [-0.3, -0.25) is 4.79 Å². The van der Waals surface area contributed by atoms with Crippen LogP contribution >= 0.6 is 22.7 Å². The van der Waals surface area contributed by atoms with E-state index in [0.29, 0.717) is 10.4 Å². The summed E-state index contributed by atoms with van der Waals surface area (Å²) in [5.74, 6) is -1.64. The standard InChI is InChI=1S/C15H10F2N2OS2/c16-10-4-9(5-11(17)6-10)7-18-14(20)13-8-19-15(22-13)12-2-1-3-21-12/h1-6,8H,7H2,(H,18,20). The lowest BCUT2D eigenvalue weighted by molar-refractivity contribution is 0.0954. The van der Waals surface area contributed by atoms with Gasteiger partial charge in [0.25, 0.3) is 5.91 Å². The molecule has 0 bridgehead atoms. The zero-order chi connectivity index (χ0) is 15.5. The van der Waals surface area contributed by atoms with E-state index in [1.807, 2.05) is 17.5 Å². The summed E-state index contributed by atoms with van der Waals surface area (Å²) in [5, 5.41) is 5.34. The van der Waals surface area contributed by atoms with Gasteiger partial charge in [-0.05, 0) is 29.1 Å². The Morgan fingerprint density at radius 2 is 2.00 bits per heavy atom. The molecule has 3 nitrogen and oxygen atoms in total. The number of thiophene rings is 1. The van der Waals surface area contributed by atoms with Crippen LogP contribution in [-0.4, -0.2) is 10.9 Å². The van der Waals surface area contributed by atoms with Gasteiger partial charge in [-0.25, -0.2) is 13.8 Å². The molecule has 0 unspecified atom stereocenters. The molecule has 7 heteroatoms. The van der Waals surface area contributed by atoms with Crippen LogP contribution < -0.4 is 5.32 Å². The molecular formula is C15H10F2N2OS2. The SMILES string of the molecule is O=C(NCc1cc(F)cc(F)c1)c1cnc(-c2cccs2)s1. The average molecular weight is 336 g/mol. The maximum Gasteiger partial charge on any atom is 0.263 e. The lowest BCUT2D eigenvalue weighted by Gasteiger charge is -2.04. The van der Waals surface area contributed by atoms with Crippen molar-refractivity contribution in [2.45, 2.75) is 6.54 Å². The Bertz CT molecular complexity index is 779. The molecule has 1 aromatic carbocycles. The van der Waals surface area contributed by atoms with Crippen molar-refractivity contribution in [3.8, 4) is 9.88 Å². The summed E-state index contributed by atoms with van der Waals surface area (Å²) in [6.07, 6.45) is 1.50. The van der Waals surface area contributed by atoms with Gasteiger partial charge in [-0.2, -0.15) is 0 Å². The number of aromatic nitrogens is 1. The number of hydrogen-bond acceptors (Lipinski definition) is 4. The summed E-state index contributed by atoms with van der Waals surface area (Å²) in [6.45, 7) is 0.0553. The highest BCUT2D eigenvalue weighted by Gasteiger charge is 2.12. The van der Waals surface area contributed by atoms with Gasteiger partial charge in [0.15, 0.2) is 0 Å². The minimum Gasteiger partial charge on any atom is -0.347 e. The zero-order valence-corrected chi connectivity index (χ0v) is 12.8. The number of amides is 1. The van der Waals surface area contributed by atoms with Crippen molar-refractivity contribution in [2.24, 2.45) is 0 Å². The number of carbonyl (C=O) groups is 1. The Morgan fingerprint density at radius 3 is 2.68 bits per heavy atom. The fourth-order valence-electron chi connectivity index (χ4n) is 1.88. The first-order valence-electron chi connectivity index (χ1n) is 6.35. The van der Waals surface area contributed by atoms with E-state index in [0.717, 1.165) is 16.0 Å². The van der Waals surface area contributed by atoms with Gasteiger partial charge in [-0.1, -0.05) is 6.07 Å². The van der Waals surface area contributed by atoms with Crippen molar-refractivity contribution in [1.29, 1.82) is 0 Å². The quantitative estimate of drug-likeness (QED) is 0.780. The summed E-state index contributed by atoms with van der Waals surface area (Å²) in [4.78, 5) is 17.7. The van der Waals surface area contributed by atoms with E-state index in [9.17, 15) is 13.6 Å². The van der Waals surface area contributed by atoms with E-state index >= 15 is 0 Å². The average Bonchev–Trinajstić information content (AvgIpc) is 3.14. The normalized spacial score (nSPS) is 10.6. The summed E-state index contributed by atoms with van der Waals surface area (Å²) in [7, 11) is 0. The van der Waals surface area contributed by atoms with E-state index in [1.54, 1.807) is 11.3 Å². The van der Waals surface area contributed by atoms with Crippen LogP contribution in [0.2, 0.25) is 0 Å². The molecule has 2 heterocycles. The molecule has 0 saturated carbocycles. The van der Waals surface area contributed by atoms with E-state index < -0.39 is 11.6 Å². The van der Waals surface area contributed by atoms with Gasteiger partial charge in [-0.15, -0.1) is 22.7 Å². The first-order chi connectivity index (χ1) is 10.6. The predicted molar refractivity (Wildman–Crippen MR) is 83.0 cm³/mol. The molecule has 0 saturated heterocycles. The number of carbonyl (C=O) groups excluding carboxylic acids is 1. The minimum absolute atomic E-state index is 0.0553. The molecule has 0 aliphatic heterocycles. The lowest BCUT2D eigenvalue weighted by Crippen LogP contribution is -2.21. The van der Waals surface area contributed by atoms with Crippen molar-refractivity contribution in [1.82, 2.24) is 10.3 Å². The van der Waals surface area contributed by atoms with Crippen molar-refractivity contribution in [2.75, 3.05) is 0 Å². The van der Waals surface area contributed by atoms with Crippen molar-refractivity contribution in [3.63, 3.8) is 0 Å². The topological polar surface area (TPSA) is 42.0 Å². The summed E-state index contributed by atoms with van der Waals surface area (Å²) in [5.41, 5.74) is 0.369. The van der Waals surface area contributed by atoms with Gasteiger partial charge in [0.05, 0.1) is 11.1 Å². The zero-order valence-electron chi connectivity index (χ0n) is 11.2. The highest BCUT2D eigenvalue weighted by Crippen LogP contribution is 2.28. The van der Waals surface area contributed by atoms with Crippen LogP contribution in [0.1, 0.15) is 15.2 Å². The molecule has 0 aliphatic carbocycles. The Morgan fingerprint density at radius 1 is 1.23 bits per heavy atom. The van der Waals surface area contributed by atoms with Crippen LogP contribution in [0.5, 0.6) is 0 Å². The van der Waals surface area contributed by atoms with E-state index in [1.165, 1.54) is 29.7 Å². The number of hydrogen-bond donors (Lipinski definition) is 1. The maximum absolute atomic E-state index is 13.1. The fraction of sp³-hybridized carbons (Fsp3) is 0.0667. The smallest absolute Gasteiger partial charge is 0.263 e. The molecule has 3 rings (SSSR count). The van der Waals surface area contributed by atoms with Crippen LogP contribution in [0.15, 0.2) is 41.9 Å². The molecule has 0 radical (unpaired) electrons. The van der Waals surface area contributed by atoms with Gasteiger partial charge in [0.1, 0.15) is 21.5 Å². The van der Waals surface area contributed by atoms with Crippen LogP contribution in [0.4, 0.5) is 8.78 Å². The largest absolute Gasteiger partial charge is 0.347 e. The Kier molecular flexibility index (Phi) is 4.26. The van der Waals surface area contributed by atoms with Crippen LogP contribution in [-0.2, 0) is 6.54 Å². The number of nitrogens with one attached hydrogen (secondary N) is 1. The second kappa shape index (κ2) is 6.33.